The quantitative estimate of drug-likeness (QED) is 0.507. The van der Waals surface area contributed by atoms with Crippen LogP contribution in [0.5, 0.6) is 5.75 Å². The Morgan fingerprint density at radius 1 is 0.926 bits per heavy atom. The van der Waals surface area contributed by atoms with Gasteiger partial charge in [-0.1, -0.05) is 42.5 Å². The van der Waals surface area contributed by atoms with Gasteiger partial charge in [-0.3, -0.25) is 14.9 Å². The van der Waals surface area contributed by atoms with Gasteiger partial charge < -0.3 is 10.1 Å². The van der Waals surface area contributed by atoms with Gasteiger partial charge in [-0.2, -0.15) is 0 Å². The Kier molecular flexibility index (Phi) is 5.79. The van der Waals surface area contributed by atoms with Crippen LogP contribution in [0.25, 0.3) is 0 Å². The highest BCUT2D eigenvalue weighted by Crippen LogP contribution is 2.16. The molecule has 136 valence electrons. The number of nitrogens with zero attached hydrogens (tertiary/aromatic N) is 1. The van der Waals surface area contributed by atoms with Gasteiger partial charge >= 0.3 is 0 Å². The lowest BCUT2D eigenvalue weighted by Crippen LogP contribution is -2.22. The number of rotatable bonds is 7. The molecular weight excluding hydrogens is 344 g/mol. The third-order valence-corrected chi connectivity index (χ3v) is 3.94. The maximum Gasteiger partial charge on any atom is 0.269 e. The van der Waals surface area contributed by atoms with Crippen molar-refractivity contribution in [3.8, 4) is 5.75 Å². The minimum atomic E-state index is -0.497. The number of carbonyl (C=O) groups is 1. The molecule has 0 aliphatic rings. The van der Waals surface area contributed by atoms with Crippen molar-refractivity contribution in [2.75, 3.05) is 0 Å². The number of benzene rings is 3. The Hall–Kier alpha value is -3.67. The van der Waals surface area contributed by atoms with Crippen LogP contribution in [0, 0.1) is 10.1 Å². The van der Waals surface area contributed by atoms with Crippen molar-refractivity contribution in [1.29, 1.82) is 0 Å². The highest BCUT2D eigenvalue weighted by atomic mass is 16.6. The summed E-state index contributed by atoms with van der Waals surface area (Å²) >= 11 is 0. The first kappa shape index (κ1) is 18.1. The van der Waals surface area contributed by atoms with E-state index in [1.165, 1.54) is 24.3 Å². The lowest BCUT2D eigenvalue weighted by atomic mass is 10.1. The Morgan fingerprint density at radius 2 is 1.63 bits per heavy atom. The minimum Gasteiger partial charge on any atom is -0.489 e. The van der Waals surface area contributed by atoms with Gasteiger partial charge in [-0.25, -0.2) is 0 Å². The van der Waals surface area contributed by atoms with E-state index in [4.69, 9.17) is 4.74 Å². The molecule has 0 spiro atoms. The lowest BCUT2D eigenvalue weighted by Gasteiger charge is -2.09. The van der Waals surface area contributed by atoms with Crippen LogP contribution in [0.2, 0.25) is 0 Å². The number of ether oxygens (including phenoxy) is 1. The zero-order valence-electron chi connectivity index (χ0n) is 14.5. The highest BCUT2D eigenvalue weighted by molar-refractivity contribution is 5.94. The van der Waals surface area contributed by atoms with Crippen molar-refractivity contribution in [2.45, 2.75) is 13.2 Å². The van der Waals surface area contributed by atoms with Crippen LogP contribution >= 0.6 is 0 Å². The number of amides is 1. The molecule has 0 radical (unpaired) electrons. The first-order chi connectivity index (χ1) is 13.1. The molecule has 3 rings (SSSR count). The fourth-order valence-electron chi connectivity index (χ4n) is 2.51. The van der Waals surface area contributed by atoms with Gasteiger partial charge in [0.05, 0.1) is 4.92 Å². The van der Waals surface area contributed by atoms with Crippen molar-refractivity contribution < 1.29 is 14.5 Å². The summed E-state index contributed by atoms with van der Waals surface area (Å²) in [6.07, 6.45) is 0. The Bertz CT molecular complexity index is 924. The predicted octanol–water partition coefficient (Wildman–Crippen LogP) is 4.10. The van der Waals surface area contributed by atoms with Crippen LogP contribution in [-0.2, 0) is 13.2 Å². The minimum absolute atomic E-state index is 0.0465. The first-order valence-corrected chi connectivity index (χ1v) is 8.40. The van der Waals surface area contributed by atoms with E-state index in [-0.39, 0.29) is 11.6 Å². The van der Waals surface area contributed by atoms with Crippen LogP contribution in [0.4, 0.5) is 5.69 Å². The normalized spacial score (nSPS) is 10.2. The lowest BCUT2D eigenvalue weighted by molar-refractivity contribution is -0.384. The average Bonchev–Trinajstić information content (AvgIpc) is 2.71. The standard InChI is InChI=1S/C21H18N2O4/c24-21(18-9-11-19(12-10-18)23(25)26)22-14-17-7-4-8-20(13-17)27-15-16-5-2-1-3-6-16/h1-13H,14-15H2,(H,22,24). The largest absolute Gasteiger partial charge is 0.489 e. The van der Waals surface area contributed by atoms with Crippen molar-refractivity contribution in [3.05, 3.63) is 106 Å². The van der Waals surface area contributed by atoms with Gasteiger partial charge in [-0.15, -0.1) is 0 Å². The van der Waals surface area contributed by atoms with Gasteiger partial charge in [-0.05, 0) is 35.4 Å². The third kappa shape index (κ3) is 5.15. The maximum atomic E-state index is 12.2. The van der Waals surface area contributed by atoms with Gasteiger partial charge in [0.25, 0.3) is 11.6 Å². The van der Waals surface area contributed by atoms with E-state index in [0.29, 0.717) is 18.7 Å². The Balaban J connectivity index is 1.56. The topological polar surface area (TPSA) is 81.5 Å². The van der Waals surface area contributed by atoms with E-state index in [1.807, 2.05) is 54.6 Å². The van der Waals surface area contributed by atoms with E-state index in [0.717, 1.165) is 16.9 Å². The molecule has 27 heavy (non-hydrogen) atoms. The molecule has 0 bridgehead atoms. The molecule has 0 unspecified atom stereocenters. The van der Waals surface area contributed by atoms with E-state index < -0.39 is 4.92 Å². The molecule has 6 nitrogen and oxygen atoms in total. The van der Waals surface area contributed by atoms with Gasteiger partial charge in [0.1, 0.15) is 12.4 Å². The summed E-state index contributed by atoms with van der Waals surface area (Å²) in [4.78, 5) is 22.3. The molecular formula is C21H18N2O4. The van der Waals surface area contributed by atoms with Gasteiger partial charge in [0.15, 0.2) is 0 Å². The Morgan fingerprint density at radius 3 is 2.33 bits per heavy atom. The van der Waals surface area contributed by atoms with E-state index in [2.05, 4.69) is 5.32 Å². The maximum absolute atomic E-state index is 12.2. The van der Waals surface area contributed by atoms with Crippen molar-refractivity contribution in [1.82, 2.24) is 5.32 Å². The molecule has 0 aliphatic carbocycles. The van der Waals surface area contributed by atoms with Crippen molar-refractivity contribution in [2.24, 2.45) is 0 Å². The second-order valence-electron chi connectivity index (χ2n) is 5.91. The monoisotopic (exact) mass is 362 g/mol. The van der Waals surface area contributed by atoms with Crippen LogP contribution < -0.4 is 10.1 Å². The highest BCUT2D eigenvalue weighted by Gasteiger charge is 2.09. The zero-order chi connectivity index (χ0) is 19.1. The molecule has 3 aromatic rings. The number of carbonyl (C=O) groups excluding carboxylic acids is 1. The van der Waals surface area contributed by atoms with Crippen molar-refractivity contribution in [3.63, 3.8) is 0 Å². The molecule has 0 heterocycles. The molecule has 1 amide bonds. The molecule has 3 aromatic carbocycles. The molecule has 0 atom stereocenters. The van der Waals surface area contributed by atoms with Crippen LogP contribution in [0.15, 0.2) is 78.9 Å². The number of hydrogen-bond acceptors (Lipinski definition) is 4. The third-order valence-electron chi connectivity index (χ3n) is 3.94. The first-order valence-electron chi connectivity index (χ1n) is 8.40. The molecule has 0 aliphatic heterocycles. The Labute approximate surface area is 156 Å². The number of nitro groups is 1. The number of nitro benzene ring substituents is 1. The molecule has 0 fully saturated rings. The summed E-state index contributed by atoms with van der Waals surface area (Å²) in [5.41, 5.74) is 2.30. The average molecular weight is 362 g/mol. The summed E-state index contributed by atoms with van der Waals surface area (Å²) in [6.45, 7) is 0.803. The van der Waals surface area contributed by atoms with Crippen LogP contribution in [-0.4, -0.2) is 10.8 Å². The summed E-state index contributed by atoms with van der Waals surface area (Å²) in [5.74, 6) is 0.432. The van der Waals surface area contributed by atoms with Crippen molar-refractivity contribution >= 4 is 11.6 Å². The fraction of sp³-hybridized carbons (Fsp3) is 0.0952. The van der Waals surface area contributed by atoms with Crippen LogP contribution in [0.1, 0.15) is 21.5 Å². The van der Waals surface area contributed by atoms with E-state index >= 15 is 0 Å². The summed E-state index contributed by atoms with van der Waals surface area (Å²) in [5, 5.41) is 13.5. The molecule has 1 N–H and O–H groups in total. The summed E-state index contributed by atoms with van der Waals surface area (Å²) in [6, 6.07) is 22.9. The number of non-ortho nitro benzene ring substituents is 1. The predicted molar refractivity (Wildman–Crippen MR) is 101 cm³/mol. The van der Waals surface area contributed by atoms with E-state index in [1.54, 1.807) is 0 Å². The second kappa shape index (κ2) is 8.62. The molecule has 6 heteroatoms. The second-order valence-corrected chi connectivity index (χ2v) is 5.91. The number of nitrogens with one attached hydrogen (secondary N) is 1. The summed E-state index contributed by atoms with van der Waals surface area (Å²) in [7, 11) is 0. The summed E-state index contributed by atoms with van der Waals surface area (Å²) < 4.78 is 5.78. The molecule has 0 saturated carbocycles. The van der Waals surface area contributed by atoms with Crippen LogP contribution in [0.3, 0.4) is 0 Å². The molecule has 0 saturated heterocycles. The van der Waals surface area contributed by atoms with Gasteiger partial charge in [0, 0.05) is 24.2 Å². The molecule has 0 aromatic heterocycles. The number of hydrogen-bond donors (Lipinski definition) is 1. The SMILES string of the molecule is O=C(NCc1cccc(OCc2ccccc2)c1)c1ccc([N+](=O)[O-])cc1. The van der Waals surface area contributed by atoms with Gasteiger partial charge in [0.2, 0.25) is 0 Å². The smallest absolute Gasteiger partial charge is 0.269 e. The zero-order valence-corrected chi connectivity index (χ0v) is 14.5. The van der Waals surface area contributed by atoms with E-state index in [9.17, 15) is 14.9 Å². The fourth-order valence-corrected chi connectivity index (χ4v) is 2.51.